The molecule has 0 fully saturated rings. The second-order valence-corrected chi connectivity index (χ2v) is 3.28. The minimum absolute atomic E-state index is 0.117. The highest BCUT2D eigenvalue weighted by Gasteiger charge is 2.10. The molecule has 0 N–H and O–H groups in total. The summed E-state index contributed by atoms with van der Waals surface area (Å²) in [4.78, 5) is 9.53. The van der Waals surface area contributed by atoms with Crippen LogP contribution in [0.2, 0.25) is 0 Å². The van der Waals surface area contributed by atoms with Crippen LogP contribution in [-0.2, 0) is 17.5 Å². The van der Waals surface area contributed by atoms with Crippen molar-refractivity contribution in [2.75, 3.05) is 6.26 Å². The van der Waals surface area contributed by atoms with Crippen molar-refractivity contribution in [3.8, 4) is 0 Å². The highest BCUT2D eigenvalue weighted by atomic mass is 32.2. The molecule has 0 aliphatic heterocycles. The maximum Gasteiger partial charge on any atom is 0.284 e. The van der Waals surface area contributed by atoms with E-state index in [9.17, 15) is 14.3 Å². The van der Waals surface area contributed by atoms with Crippen molar-refractivity contribution in [1.82, 2.24) is 14.8 Å². The molecule has 12 heavy (non-hydrogen) atoms. The van der Waals surface area contributed by atoms with E-state index < -0.39 is 22.4 Å². The van der Waals surface area contributed by atoms with Gasteiger partial charge in [-0.15, -0.1) is 10.2 Å². The van der Waals surface area contributed by atoms with Crippen molar-refractivity contribution < 1.29 is 9.13 Å². The van der Waals surface area contributed by atoms with E-state index in [2.05, 4.69) is 10.2 Å². The molecular formula is C4H6N4O3S. The van der Waals surface area contributed by atoms with Crippen LogP contribution in [-0.4, -0.2) is 30.2 Å². The maximum atomic E-state index is 10.9. The fraction of sp³-hybridized carbons (Fsp3) is 0.500. The zero-order valence-electron chi connectivity index (χ0n) is 6.21. The lowest BCUT2D eigenvalue weighted by atomic mass is 11.0. The van der Waals surface area contributed by atoms with E-state index in [1.165, 1.54) is 12.6 Å². The normalized spacial score (nSPS) is 12.8. The van der Waals surface area contributed by atoms with Crippen LogP contribution in [0.1, 0.15) is 0 Å². The quantitative estimate of drug-likeness (QED) is 0.462. The van der Waals surface area contributed by atoms with Gasteiger partial charge in [-0.2, -0.15) is 0 Å². The average Bonchev–Trinajstić information content (AvgIpc) is 2.33. The summed E-state index contributed by atoms with van der Waals surface area (Å²) in [5.74, 6) is 0. The highest BCUT2D eigenvalue weighted by Crippen LogP contribution is 1.99. The first-order chi connectivity index (χ1) is 5.61. The molecule has 0 spiro atoms. The predicted octanol–water partition coefficient (Wildman–Crippen LogP) is -0.750. The van der Waals surface area contributed by atoms with Gasteiger partial charge in [0.15, 0.2) is 0 Å². The Hall–Kier alpha value is -1.31. The minimum Gasteiger partial charge on any atom is -0.263 e. The molecule has 1 atom stereocenters. The fourth-order valence-electron chi connectivity index (χ4n) is 0.688. The summed E-state index contributed by atoms with van der Waals surface area (Å²) < 4.78 is 12.0. The molecule has 0 aliphatic rings. The summed E-state index contributed by atoms with van der Waals surface area (Å²) in [5, 5.41) is 17.1. The van der Waals surface area contributed by atoms with Gasteiger partial charge in [-0.1, -0.05) is 0 Å². The number of rotatable bonds is 3. The molecule has 1 aromatic heterocycles. The Bertz CT molecular complexity index is 322. The van der Waals surface area contributed by atoms with Crippen LogP contribution in [0, 0.1) is 10.1 Å². The summed E-state index contributed by atoms with van der Waals surface area (Å²) in [6.07, 6.45) is 2.57. The number of nitro groups is 1. The standard InChI is InChI=1S/C4H6N4O3S/c1-12(11)4-6-5-2-7(4)3-8(9)10/h2H,3H2,1H3. The van der Waals surface area contributed by atoms with E-state index in [4.69, 9.17) is 0 Å². The van der Waals surface area contributed by atoms with Crippen molar-refractivity contribution in [2.24, 2.45) is 0 Å². The van der Waals surface area contributed by atoms with E-state index >= 15 is 0 Å². The maximum absolute atomic E-state index is 10.9. The molecule has 0 amide bonds. The first-order valence-corrected chi connectivity index (χ1v) is 4.50. The lowest BCUT2D eigenvalue weighted by molar-refractivity contribution is -0.515. The molecule has 0 aromatic carbocycles. The number of hydrogen-bond donors (Lipinski definition) is 0. The monoisotopic (exact) mass is 190 g/mol. The van der Waals surface area contributed by atoms with E-state index in [-0.39, 0.29) is 5.16 Å². The van der Waals surface area contributed by atoms with Crippen LogP contribution in [0.4, 0.5) is 0 Å². The van der Waals surface area contributed by atoms with E-state index in [1.54, 1.807) is 0 Å². The Morgan fingerprint density at radius 2 is 2.50 bits per heavy atom. The van der Waals surface area contributed by atoms with Crippen molar-refractivity contribution in [3.63, 3.8) is 0 Å². The average molecular weight is 190 g/mol. The van der Waals surface area contributed by atoms with Gasteiger partial charge in [0.05, 0.1) is 10.8 Å². The minimum atomic E-state index is -1.34. The molecule has 1 heterocycles. The SMILES string of the molecule is CS(=O)c1nncn1C[N+](=O)[O-]. The third-order valence-electron chi connectivity index (χ3n) is 1.10. The Balaban J connectivity index is 2.91. The zero-order chi connectivity index (χ0) is 9.14. The zero-order valence-corrected chi connectivity index (χ0v) is 7.02. The first-order valence-electron chi connectivity index (χ1n) is 2.94. The summed E-state index contributed by atoms with van der Waals surface area (Å²) in [7, 11) is -1.34. The van der Waals surface area contributed by atoms with Gasteiger partial charge in [0, 0.05) is 11.2 Å². The molecule has 0 bridgehead atoms. The van der Waals surface area contributed by atoms with Crippen molar-refractivity contribution >= 4 is 10.8 Å². The van der Waals surface area contributed by atoms with Gasteiger partial charge in [0.1, 0.15) is 6.33 Å². The first kappa shape index (κ1) is 8.78. The summed E-state index contributed by atoms with van der Waals surface area (Å²) >= 11 is 0. The van der Waals surface area contributed by atoms with Crippen molar-refractivity contribution in [1.29, 1.82) is 0 Å². The largest absolute Gasteiger partial charge is 0.284 e. The second-order valence-electron chi connectivity index (χ2n) is 2.01. The van der Waals surface area contributed by atoms with Gasteiger partial charge in [-0.3, -0.25) is 14.3 Å². The molecule has 1 unspecified atom stereocenters. The van der Waals surface area contributed by atoms with Gasteiger partial charge in [-0.05, 0) is 0 Å². The van der Waals surface area contributed by atoms with Crippen molar-refractivity contribution in [2.45, 2.75) is 11.8 Å². The van der Waals surface area contributed by atoms with E-state index in [0.717, 1.165) is 4.57 Å². The van der Waals surface area contributed by atoms with Crippen LogP contribution in [0.25, 0.3) is 0 Å². The number of hydrogen-bond acceptors (Lipinski definition) is 5. The molecule has 1 aromatic rings. The van der Waals surface area contributed by atoms with Crippen LogP contribution in [0.15, 0.2) is 11.5 Å². The molecule has 0 radical (unpaired) electrons. The topological polar surface area (TPSA) is 90.9 Å². The summed E-state index contributed by atoms with van der Waals surface area (Å²) in [6, 6.07) is 0. The van der Waals surface area contributed by atoms with Gasteiger partial charge in [-0.25, -0.2) is 4.57 Å². The van der Waals surface area contributed by atoms with Crippen LogP contribution >= 0.6 is 0 Å². The Morgan fingerprint density at radius 1 is 1.83 bits per heavy atom. The molecule has 0 saturated carbocycles. The molecule has 0 aliphatic carbocycles. The molecule has 8 heteroatoms. The fourth-order valence-corrected chi connectivity index (χ4v) is 1.29. The smallest absolute Gasteiger partial charge is 0.263 e. The van der Waals surface area contributed by atoms with Crippen LogP contribution in [0.5, 0.6) is 0 Å². The van der Waals surface area contributed by atoms with E-state index in [1.807, 2.05) is 0 Å². The van der Waals surface area contributed by atoms with Gasteiger partial charge >= 0.3 is 0 Å². The molecule has 1 rings (SSSR count). The second kappa shape index (κ2) is 3.39. The molecule has 7 nitrogen and oxygen atoms in total. The summed E-state index contributed by atoms with van der Waals surface area (Å²) in [6.45, 7) is -0.456. The lowest BCUT2D eigenvalue weighted by Crippen LogP contribution is -2.10. The van der Waals surface area contributed by atoms with Crippen LogP contribution in [0.3, 0.4) is 0 Å². The third kappa shape index (κ3) is 1.84. The molecule has 0 saturated heterocycles. The molecular weight excluding hydrogens is 184 g/mol. The van der Waals surface area contributed by atoms with Crippen molar-refractivity contribution in [3.05, 3.63) is 16.4 Å². The number of nitrogens with zero attached hydrogens (tertiary/aromatic N) is 4. The lowest BCUT2D eigenvalue weighted by Gasteiger charge is -1.96. The molecule has 66 valence electrons. The summed E-state index contributed by atoms with van der Waals surface area (Å²) in [5.41, 5.74) is 0. The van der Waals surface area contributed by atoms with Gasteiger partial charge in [0.2, 0.25) is 5.16 Å². The number of aromatic nitrogens is 3. The third-order valence-corrected chi connectivity index (χ3v) is 1.94. The highest BCUT2D eigenvalue weighted by molar-refractivity contribution is 7.84. The Labute approximate surface area is 70.0 Å². The van der Waals surface area contributed by atoms with E-state index in [0.29, 0.717) is 0 Å². The Morgan fingerprint density at radius 3 is 3.00 bits per heavy atom. The predicted molar refractivity (Wildman–Crippen MR) is 39.3 cm³/mol. The van der Waals surface area contributed by atoms with Gasteiger partial charge in [0.25, 0.3) is 6.67 Å². The van der Waals surface area contributed by atoms with Crippen LogP contribution < -0.4 is 0 Å². The Kier molecular flexibility index (Phi) is 2.48. The van der Waals surface area contributed by atoms with Gasteiger partial charge < -0.3 is 0 Å².